The van der Waals surface area contributed by atoms with Crippen LogP contribution in [0.3, 0.4) is 0 Å². The molecule has 0 spiro atoms. The molecule has 0 radical (unpaired) electrons. The van der Waals surface area contributed by atoms with Gasteiger partial charge in [-0.25, -0.2) is 4.98 Å². The molecule has 0 unspecified atom stereocenters. The van der Waals surface area contributed by atoms with Crippen molar-refractivity contribution >= 4 is 33.8 Å². The molecular formula is C11H7ClF3N3OS. The van der Waals surface area contributed by atoms with E-state index in [4.69, 9.17) is 11.6 Å². The van der Waals surface area contributed by atoms with Gasteiger partial charge >= 0.3 is 12.1 Å². The zero-order valence-corrected chi connectivity index (χ0v) is 11.6. The molecule has 9 heteroatoms. The van der Waals surface area contributed by atoms with E-state index in [1.165, 1.54) is 6.20 Å². The molecule has 0 fully saturated rings. The van der Waals surface area contributed by atoms with Gasteiger partial charge in [0.1, 0.15) is 10.0 Å². The van der Waals surface area contributed by atoms with Crippen LogP contribution >= 0.6 is 22.9 Å². The molecule has 0 aliphatic carbocycles. The minimum absolute atomic E-state index is 0.0622. The number of thiazole rings is 1. The second-order valence-corrected chi connectivity index (χ2v) is 5.05. The monoisotopic (exact) mass is 321 g/mol. The Kier molecular flexibility index (Phi) is 3.96. The number of carbonyl (C=O) groups excluding carboxylic acids is 1. The van der Waals surface area contributed by atoms with Crippen LogP contribution in [0.15, 0.2) is 24.5 Å². The lowest BCUT2D eigenvalue weighted by Gasteiger charge is -2.16. The van der Waals surface area contributed by atoms with Crippen LogP contribution < -0.4 is 4.90 Å². The van der Waals surface area contributed by atoms with Crippen molar-refractivity contribution in [3.8, 4) is 10.6 Å². The van der Waals surface area contributed by atoms with Gasteiger partial charge in [0.05, 0.1) is 0 Å². The predicted molar refractivity (Wildman–Crippen MR) is 69.8 cm³/mol. The standard InChI is InChI=1S/C11H7ClF3N3OS/c1-18(10(19)11(13,14)15)9-7(12)17-8(20-9)6-3-2-4-16-5-6/h2-5H,1H3. The van der Waals surface area contributed by atoms with Gasteiger partial charge in [0.2, 0.25) is 0 Å². The lowest BCUT2D eigenvalue weighted by Crippen LogP contribution is -2.38. The van der Waals surface area contributed by atoms with E-state index in [-0.39, 0.29) is 10.2 Å². The van der Waals surface area contributed by atoms with E-state index in [0.29, 0.717) is 15.5 Å². The largest absolute Gasteiger partial charge is 0.471 e. The summed E-state index contributed by atoms with van der Waals surface area (Å²) in [6.07, 6.45) is -1.90. The fourth-order valence-electron chi connectivity index (χ4n) is 1.40. The van der Waals surface area contributed by atoms with E-state index in [1.807, 2.05) is 0 Å². The number of alkyl halides is 3. The van der Waals surface area contributed by atoms with Gasteiger partial charge in [-0.2, -0.15) is 13.2 Å². The topological polar surface area (TPSA) is 46.1 Å². The summed E-state index contributed by atoms with van der Waals surface area (Å²) >= 11 is 6.69. The van der Waals surface area contributed by atoms with Crippen LogP contribution in [0, 0.1) is 0 Å². The number of rotatable bonds is 2. The Morgan fingerprint density at radius 1 is 1.45 bits per heavy atom. The summed E-state index contributed by atoms with van der Waals surface area (Å²) in [6.45, 7) is 0. The lowest BCUT2D eigenvalue weighted by atomic mass is 10.3. The number of aromatic nitrogens is 2. The van der Waals surface area contributed by atoms with Crippen LogP contribution in [-0.4, -0.2) is 29.1 Å². The number of pyridine rings is 1. The Morgan fingerprint density at radius 3 is 2.70 bits per heavy atom. The van der Waals surface area contributed by atoms with Crippen LogP contribution in [-0.2, 0) is 4.79 Å². The highest BCUT2D eigenvalue weighted by atomic mass is 35.5. The van der Waals surface area contributed by atoms with Crippen molar-refractivity contribution in [2.75, 3.05) is 11.9 Å². The van der Waals surface area contributed by atoms with Gasteiger partial charge in [-0.1, -0.05) is 22.9 Å². The summed E-state index contributed by atoms with van der Waals surface area (Å²) in [5.41, 5.74) is 0.610. The Morgan fingerprint density at radius 2 is 2.15 bits per heavy atom. The van der Waals surface area contributed by atoms with Crippen molar-refractivity contribution < 1.29 is 18.0 Å². The van der Waals surface area contributed by atoms with Crippen LogP contribution in [0.4, 0.5) is 18.2 Å². The molecule has 2 rings (SSSR count). The van der Waals surface area contributed by atoms with Crippen LogP contribution in [0.25, 0.3) is 10.6 Å². The average Bonchev–Trinajstić information content (AvgIpc) is 2.79. The SMILES string of the molecule is CN(C(=O)C(F)(F)F)c1sc(-c2cccnc2)nc1Cl. The third kappa shape index (κ3) is 2.91. The van der Waals surface area contributed by atoms with E-state index in [1.54, 1.807) is 18.3 Å². The number of nitrogens with zero attached hydrogens (tertiary/aromatic N) is 3. The second-order valence-electron chi connectivity index (χ2n) is 3.72. The third-order valence-corrected chi connectivity index (χ3v) is 3.89. The number of hydrogen-bond donors (Lipinski definition) is 0. The fourth-order valence-corrected chi connectivity index (χ4v) is 2.68. The summed E-state index contributed by atoms with van der Waals surface area (Å²) < 4.78 is 37.2. The molecule has 20 heavy (non-hydrogen) atoms. The van der Waals surface area contributed by atoms with Crippen molar-refractivity contribution in [1.29, 1.82) is 0 Å². The summed E-state index contributed by atoms with van der Waals surface area (Å²) in [6, 6.07) is 3.35. The fraction of sp³-hybridized carbons (Fsp3) is 0.182. The summed E-state index contributed by atoms with van der Waals surface area (Å²) in [4.78, 5) is 19.4. The van der Waals surface area contributed by atoms with E-state index in [0.717, 1.165) is 18.4 Å². The van der Waals surface area contributed by atoms with Gasteiger partial charge in [0, 0.05) is 25.0 Å². The van der Waals surface area contributed by atoms with Crippen LogP contribution in [0.5, 0.6) is 0 Å². The molecule has 0 saturated carbocycles. The molecule has 0 aliphatic heterocycles. The highest BCUT2D eigenvalue weighted by Gasteiger charge is 2.42. The minimum atomic E-state index is -4.96. The van der Waals surface area contributed by atoms with Gasteiger partial charge < -0.3 is 0 Å². The molecule has 2 aromatic heterocycles. The van der Waals surface area contributed by atoms with E-state index < -0.39 is 12.1 Å². The molecule has 0 aromatic carbocycles. The summed E-state index contributed by atoms with van der Waals surface area (Å²) in [7, 11) is 1.00. The second kappa shape index (κ2) is 5.37. The molecule has 0 aliphatic rings. The van der Waals surface area contributed by atoms with Gasteiger partial charge in [-0.15, -0.1) is 0 Å². The maximum Gasteiger partial charge on any atom is 0.471 e. The average molecular weight is 322 g/mol. The summed E-state index contributed by atoms with van der Waals surface area (Å²) in [5, 5.41) is 0.168. The number of anilines is 1. The first-order valence-corrected chi connectivity index (χ1v) is 6.41. The van der Waals surface area contributed by atoms with E-state index in [9.17, 15) is 18.0 Å². The van der Waals surface area contributed by atoms with Crippen LogP contribution in [0.1, 0.15) is 0 Å². The minimum Gasteiger partial charge on any atom is -0.296 e. The summed E-state index contributed by atoms with van der Waals surface area (Å²) in [5.74, 6) is -2.00. The number of carbonyl (C=O) groups is 1. The van der Waals surface area contributed by atoms with Gasteiger partial charge in [-0.3, -0.25) is 14.7 Å². The first-order valence-electron chi connectivity index (χ1n) is 5.22. The van der Waals surface area contributed by atoms with E-state index in [2.05, 4.69) is 9.97 Å². The molecule has 106 valence electrons. The Labute approximate surface area is 120 Å². The van der Waals surface area contributed by atoms with Gasteiger partial charge in [-0.05, 0) is 12.1 Å². The number of amides is 1. The molecule has 1 amide bonds. The van der Waals surface area contributed by atoms with Crippen molar-refractivity contribution in [2.45, 2.75) is 6.18 Å². The van der Waals surface area contributed by atoms with Crippen molar-refractivity contribution in [1.82, 2.24) is 9.97 Å². The molecule has 0 atom stereocenters. The lowest BCUT2D eigenvalue weighted by molar-refractivity contribution is -0.170. The zero-order chi connectivity index (χ0) is 14.9. The number of halogens is 4. The van der Waals surface area contributed by atoms with E-state index >= 15 is 0 Å². The Balaban J connectivity index is 2.36. The maximum absolute atomic E-state index is 12.4. The molecule has 0 N–H and O–H groups in total. The molecule has 2 heterocycles. The van der Waals surface area contributed by atoms with Gasteiger partial charge in [0.25, 0.3) is 0 Å². The zero-order valence-electron chi connectivity index (χ0n) is 9.98. The molecule has 0 bridgehead atoms. The normalized spacial score (nSPS) is 11.4. The van der Waals surface area contributed by atoms with Gasteiger partial charge in [0.15, 0.2) is 5.15 Å². The van der Waals surface area contributed by atoms with Crippen molar-refractivity contribution in [3.05, 3.63) is 29.7 Å². The Bertz CT molecular complexity index is 630. The number of hydrogen-bond acceptors (Lipinski definition) is 4. The third-order valence-electron chi connectivity index (χ3n) is 2.33. The predicted octanol–water partition coefficient (Wildman–Crippen LogP) is 3.38. The van der Waals surface area contributed by atoms with Crippen LogP contribution in [0.2, 0.25) is 5.15 Å². The molecule has 4 nitrogen and oxygen atoms in total. The quantitative estimate of drug-likeness (QED) is 0.852. The molecule has 0 saturated heterocycles. The molecular weight excluding hydrogens is 315 g/mol. The first kappa shape index (κ1) is 14.7. The first-order chi connectivity index (χ1) is 9.30. The highest BCUT2D eigenvalue weighted by Crippen LogP contribution is 2.38. The van der Waals surface area contributed by atoms with Crippen molar-refractivity contribution in [2.24, 2.45) is 0 Å². The molecule has 2 aromatic rings. The maximum atomic E-state index is 12.4. The van der Waals surface area contributed by atoms with Crippen molar-refractivity contribution in [3.63, 3.8) is 0 Å². The smallest absolute Gasteiger partial charge is 0.296 e. The highest BCUT2D eigenvalue weighted by molar-refractivity contribution is 7.19. The Hall–Kier alpha value is -1.67.